The second-order valence-electron chi connectivity index (χ2n) is 4.49. The molecular formula is C14H18N2O3. The Bertz CT molecular complexity index is 575. The third kappa shape index (κ3) is 3.12. The van der Waals surface area contributed by atoms with Gasteiger partial charge in [-0.05, 0) is 38.5 Å². The van der Waals surface area contributed by atoms with Gasteiger partial charge in [0.05, 0.1) is 25.5 Å². The highest BCUT2D eigenvalue weighted by Crippen LogP contribution is 2.12. The van der Waals surface area contributed by atoms with E-state index in [4.69, 9.17) is 9.47 Å². The fourth-order valence-corrected chi connectivity index (χ4v) is 1.73. The molecule has 0 fully saturated rings. The molecule has 0 saturated heterocycles. The number of aromatic nitrogens is 2. The Morgan fingerprint density at radius 3 is 2.95 bits per heavy atom. The van der Waals surface area contributed by atoms with Crippen LogP contribution in [0.15, 0.2) is 24.5 Å². The normalized spacial score (nSPS) is 11.2. The lowest BCUT2D eigenvalue weighted by Crippen LogP contribution is -2.08. The lowest BCUT2D eigenvalue weighted by atomic mass is 10.3. The van der Waals surface area contributed by atoms with Gasteiger partial charge in [0, 0.05) is 6.20 Å². The Kier molecular flexibility index (Phi) is 4.16. The van der Waals surface area contributed by atoms with Crippen LogP contribution in [0.25, 0.3) is 5.65 Å². The average Bonchev–Trinajstić information content (AvgIpc) is 2.79. The van der Waals surface area contributed by atoms with Crippen molar-refractivity contribution >= 4 is 11.6 Å². The van der Waals surface area contributed by atoms with Crippen molar-refractivity contribution in [3.05, 3.63) is 35.8 Å². The highest BCUT2D eigenvalue weighted by Gasteiger charge is 2.13. The summed E-state index contributed by atoms with van der Waals surface area (Å²) in [5, 5.41) is 0. The average molecular weight is 262 g/mol. The van der Waals surface area contributed by atoms with Gasteiger partial charge in [0.25, 0.3) is 0 Å². The van der Waals surface area contributed by atoms with E-state index in [0.29, 0.717) is 24.6 Å². The van der Waals surface area contributed by atoms with E-state index in [9.17, 15) is 4.79 Å². The molecule has 0 aliphatic heterocycles. The molecule has 2 rings (SSSR count). The summed E-state index contributed by atoms with van der Waals surface area (Å²) in [6, 6.07) is 3.82. The van der Waals surface area contributed by atoms with Gasteiger partial charge < -0.3 is 9.47 Å². The zero-order valence-corrected chi connectivity index (χ0v) is 11.4. The molecule has 0 aromatic carbocycles. The Morgan fingerprint density at radius 1 is 1.47 bits per heavy atom. The van der Waals surface area contributed by atoms with Gasteiger partial charge >= 0.3 is 5.97 Å². The van der Waals surface area contributed by atoms with Crippen LogP contribution in [0.2, 0.25) is 0 Å². The quantitative estimate of drug-likeness (QED) is 0.777. The molecule has 5 heteroatoms. The number of hydrogen-bond acceptors (Lipinski definition) is 4. The number of rotatable bonds is 5. The van der Waals surface area contributed by atoms with E-state index in [-0.39, 0.29) is 12.1 Å². The third-order valence-corrected chi connectivity index (χ3v) is 2.65. The molecular weight excluding hydrogens is 244 g/mol. The minimum absolute atomic E-state index is 0.186. The van der Waals surface area contributed by atoms with Crippen LogP contribution < -0.4 is 0 Å². The molecule has 0 radical (unpaired) electrons. The molecule has 0 aliphatic rings. The number of nitrogens with zero attached hydrogens (tertiary/aromatic N) is 2. The van der Waals surface area contributed by atoms with Gasteiger partial charge in [-0.15, -0.1) is 0 Å². The minimum atomic E-state index is -0.360. The van der Waals surface area contributed by atoms with Crippen LogP contribution in [-0.2, 0) is 16.1 Å². The van der Waals surface area contributed by atoms with Crippen molar-refractivity contribution in [2.75, 3.05) is 6.61 Å². The van der Waals surface area contributed by atoms with Gasteiger partial charge in [-0.25, -0.2) is 9.78 Å². The maximum absolute atomic E-state index is 11.7. The molecule has 102 valence electrons. The van der Waals surface area contributed by atoms with Crippen molar-refractivity contribution in [2.24, 2.45) is 0 Å². The Labute approximate surface area is 112 Å². The number of imidazole rings is 1. The molecule has 5 nitrogen and oxygen atoms in total. The van der Waals surface area contributed by atoms with Gasteiger partial charge in [-0.1, -0.05) is 0 Å². The van der Waals surface area contributed by atoms with Crippen LogP contribution in [0.5, 0.6) is 0 Å². The first-order valence-electron chi connectivity index (χ1n) is 6.36. The monoisotopic (exact) mass is 262 g/mol. The standard InChI is InChI=1S/C14H18N2O3/c1-4-18-14(17)12-8-15-13-7-11(5-6-16(12)13)9-19-10(2)3/h5-8,10H,4,9H2,1-3H3. The number of carbonyl (C=O) groups is 1. The predicted octanol–water partition coefficient (Wildman–Crippen LogP) is 2.44. The number of pyridine rings is 1. The molecule has 0 saturated carbocycles. The minimum Gasteiger partial charge on any atom is -0.461 e. The second kappa shape index (κ2) is 5.84. The number of fused-ring (bicyclic) bond motifs is 1. The topological polar surface area (TPSA) is 52.8 Å². The molecule has 0 aliphatic carbocycles. The van der Waals surface area contributed by atoms with Gasteiger partial charge in [-0.3, -0.25) is 4.40 Å². The maximum Gasteiger partial charge on any atom is 0.356 e. The largest absolute Gasteiger partial charge is 0.461 e. The van der Waals surface area contributed by atoms with E-state index in [2.05, 4.69) is 4.98 Å². The smallest absolute Gasteiger partial charge is 0.356 e. The van der Waals surface area contributed by atoms with Gasteiger partial charge in [0.2, 0.25) is 0 Å². The first-order valence-corrected chi connectivity index (χ1v) is 6.36. The van der Waals surface area contributed by atoms with E-state index in [1.807, 2.05) is 32.2 Å². The number of esters is 1. The predicted molar refractivity (Wildman–Crippen MR) is 71.1 cm³/mol. The van der Waals surface area contributed by atoms with Crippen LogP contribution in [0, 0.1) is 0 Å². The lowest BCUT2D eigenvalue weighted by Gasteiger charge is -2.08. The van der Waals surface area contributed by atoms with E-state index >= 15 is 0 Å². The Balaban J connectivity index is 2.24. The summed E-state index contributed by atoms with van der Waals surface area (Å²) >= 11 is 0. The van der Waals surface area contributed by atoms with Crippen LogP contribution in [-0.4, -0.2) is 28.1 Å². The molecule has 0 unspecified atom stereocenters. The highest BCUT2D eigenvalue weighted by atomic mass is 16.5. The fourth-order valence-electron chi connectivity index (χ4n) is 1.73. The van der Waals surface area contributed by atoms with Crippen molar-refractivity contribution in [3.8, 4) is 0 Å². The summed E-state index contributed by atoms with van der Waals surface area (Å²) in [7, 11) is 0. The fraction of sp³-hybridized carbons (Fsp3) is 0.429. The summed E-state index contributed by atoms with van der Waals surface area (Å²) in [5.41, 5.74) is 2.18. The van der Waals surface area contributed by atoms with Crippen molar-refractivity contribution in [1.82, 2.24) is 9.38 Å². The number of ether oxygens (including phenoxy) is 2. The van der Waals surface area contributed by atoms with Crippen molar-refractivity contribution < 1.29 is 14.3 Å². The van der Waals surface area contributed by atoms with Gasteiger partial charge in [0.1, 0.15) is 5.65 Å². The van der Waals surface area contributed by atoms with Gasteiger partial charge in [-0.2, -0.15) is 0 Å². The molecule has 0 N–H and O–H groups in total. The van der Waals surface area contributed by atoms with Crippen molar-refractivity contribution in [3.63, 3.8) is 0 Å². The first kappa shape index (κ1) is 13.5. The van der Waals surface area contributed by atoms with E-state index < -0.39 is 0 Å². The van der Waals surface area contributed by atoms with Crippen LogP contribution in [0.1, 0.15) is 36.8 Å². The van der Waals surface area contributed by atoms with Crippen molar-refractivity contribution in [1.29, 1.82) is 0 Å². The van der Waals surface area contributed by atoms with E-state index in [1.165, 1.54) is 6.20 Å². The Morgan fingerprint density at radius 2 is 2.26 bits per heavy atom. The van der Waals surface area contributed by atoms with Crippen LogP contribution in [0.3, 0.4) is 0 Å². The third-order valence-electron chi connectivity index (χ3n) is 2.65. The van der Waals surface area contributed by atoms with E-state index in [1.54, 1.807) is 11.3 Å². The van der Waals surface area contributed by atoms with E-state index in [0.717, 1.165) is 5.56 Å². The molecule has 19 heavy (non-hydrogen) atoms. The van der Waals surface area contributed by atoms with Crippen molar-refractivity contribution in [2.45, 2.75) is 33.5 Å². The molecule has 2 aromatic rings. The van der Waals surface area contributed by atoms with Gasteiger partial charge in [0.15, 0.2) is 5.69 Å². The summed E-state index contributed by atoms with van der Waals surface area (Å²) in [5.74, 6) is -0.360. The zero-order valence-electron chi connectivity index (χ0n) is 11.4. The second-order valence-corrected chi connectivity index (χ2v) is 4.49. The summed E-state index contributed by atoms with van der Waals surface area (Å²) in [4.78, 5) is 15.9. The molecule has 2 heterocycles. The first-order chi connectivity index (χ1) is 9.11. The summed E-state index contributed by atoms with van der Waals surface area (Å²) in [6.07, 6.45) is 3.53. The Hall–Kier alpha value is -1.88. The number of carbonyl (C=O) groups excluding carboxylic acids is 1. The zero-order chi connectivity index (χ0) is 13.8. The highest BCUT2D eigenvalue weighted by molar-refractivity contribution is 5.88. The molecule has 0 amide bonds. The SMILES string of the molecule is CCOC(=O)c1cnc2cc(COC(C)C)ccn12. The lowest BCUT2D eigenvalue weighted by molar-refractivity contribution is 0.0518. The van der Waals surface area contributed by atoms with Crippen LogP contribution in [0.4, 0.5) is 0 Å². The maximum atomic E-state index is 11.7. The summed E-state index contributed by atoms with van der Waals surface area (Å²) < 4.78 is 12.2. The molecule has 0 bridgehead atoms. The molecule has 0 atom stereocenters. The summed E-state index contributed by atoms with van der Waals surface area (Å²) in [6.45, 7) is 6.66. The molecule has 2 aromatic heterocycles. The number of hydrogen-bond donors (Lipinski definition) is 0. The van der Waals surface area contributed by atoms with Crippen LogP contribution >= 0.6 is 0 Å². The molecule has 0 spiro atoms.